The first-order valence-electron chi connectivity index (χ1n) is 4.83. The Morgan fingerprint density at radius 3 is 2.11 bits per heavy atom. The molecule has 0 aliphatic carbocycles. The highest BCUT2D eigenvalue weighted by atomic mass is 32.2. The zero-order chi connectivity index (χ0) is 14.1. The molecule has 1 atom stereocenters. The number of carboxylic acid groups (broad SMARTS) is 1. The smallest absolute Gasteiger partial charge is 0.321 e. The lowest BCUT2D eigenvalue weighted by Gasteiger charge is -2.21. The van der Waals surface area contributed by atoms with E-state index in [4.69, 9.17) is 5.11 Å². The van der Waals surface area contributed by atoms with E-state index in [2.05, 4.69) is 0 Å². The van der Waals surface area contributed by atoms with Crippen LogP contribution in [-0.4, -0.2) is 36.9 Å². The van der Waals surface area contributed by atoms with E-state index >= 15 is 0 Å². The van der Waals surface area contributed by atoms with Crippen molar-refractivity contribution in [1.29, 1.82) is 0 Å². The topological polar surface area (TPSA) is 74.7 Å². The van der Waals surface area contributed by atoms with Crippen molar-refractivity contribution in [2.75, 3.05) is 7.05 Å². The Morgan fingerprint density at radius 1 is 1.28 bits per heavy atom. The summed E-state index contributed by atoms with van der Waals surface area (Å²) in [6.45, 7) is 1.15. The van der Waals surface area contributed by atoms with Crippen LogP contribution in [-0.2, 0) is 14.8 Å². The minimum Gasteiger partial charge on any atom is -0.480 e. The predicted molar refractivity (Wildman–Crippen MR) is 58.4 cm³/mol. The second-order valence-electron chi connectivity index (χ2n) is 3.64. The molecule has 1 aromatic rings. The van der Waals surface area contributed by atoms with Gasteiger partial charge in [-0.15, -0.1) is 0 Å². The van der Waals surface area contributed by atoms with Gasteiger partial charge in [0.15, 0.2) is 0 Å². The van der Waals surface area contributed by atoms with Gasteiger partial charge in [0.25, 0.3) is 0 Å². The summed E-state index contributed by atoms with van der Waals surface area (Å²) in [7, 11) is -3.23. The molecule has 0 aromatic heterocycles. The van der Waals surface area contributed by atoms with Gasteiger partial charge in [-0.2, -0.15) is 4.31 Å². The summed E-state index contributed by atoms with van der Waals surface area (Å²) in [4.78, 5) is 10.1. The van der Waals surface area contributed by atoms with E-state index in [0.29, 0.717) is 22.5 Å². The zero-order valence-corrected chi connectivity index (χ0v) is 10.4. The molecule has 1 aromatic carbocycles. The molecule has 0 saturated heterocycles. The van der Waals surface area contributed by atoms with Gasteiger partial charge in [-0.1, -0.05) is 0 Å². The van der Waals surface area contributed by atoms with E-state index in [0.717, 1.165) is 14.0 Å². The number of nitrogens with zero attached hydrogens (tertiary/aromatic N) is 1. The molecule has 5 nitrogen and oxygen atoms in total. The van der Waals surface area contributed by atoms with E-state index < -0.39 is 38.6 Å². The van der Waals surface area contributed by atoms with Crippen LogP contribution in [0.5, 0.6) is 0 Å². The van der Waals surface area contributed by atoms with Crippen molar-refractivity contribution in [1.82, 2.24) is 4.31 Å². The molecule has 0 bridgehead atoms. The molecule has 0 aliphatic rings. The SMILES string of the molecule is CC(C(=O)O)N(C)S(=O)(=O)c1cc(F)cc(F)c1. The number of aliphatic carboxylic acids is 1. The van der Waals surface area contributed by atoms with Gasteiger partial charge in [0.2, 0.25) is 10.0 Å². The van der Waals surface area contributed by atoms with Crippen LogP contribution in [0.3, 0.4) is 0 Å². The fourth-order valence-corrected chi connectivity index (χ4v) is 2.57. The first-order chi connectivity index (χ1) is 8.16. The quantitative estimate of drug-likeness (QED) is 0.894. The number of hydrogen-bond donors (Lipinski definition) is 1. The largest absolute Gasteiger partial charge is 0.480 e. The summed E-state index contributed by atoms with van der Waals surface area (Å²) in [6.07, 6.45) is 0. The van der Waals surface area contributed by atoms with Crippen LogP contribution in [0.2, 0.25) is 0 Å². The molecular weight excluding hydrogens is 268 g/mol. The average Bonchev–Trinajstić information content (AvgIpc) is 2.25. The third-order valence-electron chi connectivity index (χ3n) is 2.42. The second kappa shape index (κ2) is 4.99. The average molecular weight is 279 g/mol. The van der Waals surface area contributed by atoms with Crippen LogP contribution < -0.4 is 0 Å². The zero-order valence-electron chi connectivity index (χ0n) is 9.59. The third kappa shape index (κ3) is 2.82. The minimum absolute atomic E-state index is 0.527. The number of benzene rings is 1. The van der Waals surface area contributed by atoms with Crippen molar-refractivity contribution < 1.29 is 27.1 Å². The van der Waals surface area contributed by atoms with Crippen molar-refractivity contribution in [2.24, 2.45) is 0 Å². The highest BCUT2D eigenvalue weighted by molar-refractivity contribution is 7.89. The van der Waals surface area contributed by atoms with Crippen LogP contribution in [0.25, 0.3) is 0 Å². The summed E-state index contributed by atoms with van der Waals surface area (Å²) in [6, 6.07) is 0.438. The maximum atomic E-state index is 12.9. The van der Waals surface area contributed by atoms with Gasteiger partial charge in [-0.05, 0) is 19.1 Å². The minimum atomic E-state index is -4.26. The van der Waals surface area contributed by atoms with Crippen molar-refractivity contribution >= 4 is 16.0 Å². The lowest BCUT2D eigenvalue weighted by molar-refractivity contribution is -0.140. The van der Waals surface area contributed by atoms with Crippen molar-refractivity contribution in [3.05, 3.63) is 29.8 Å². The molecule has 0 aliphatic heterocycles. The van der Waals surface area contributed by atoms with Crippen LogP contribution in [0.4, 0.5) is 8.78 Å². The first kappa shape index (κ1) is 14.5. The van der Waals surface area contributed by atoms with Gasteiger partial charge >= 0.3 is 5.97 Å². The van der Waals surface area contributed by atoms with Crippen molar-refractivity contribution in [3.63, 3.8) is 0 Å². The van der Waals surface area contributed by atoms with Gasteiger partial charge in [0.05, 0.1) is 4.90 Å². The van der Waals surface area contributed by atoms with Crippen molar-refractivity contribution in [2.45, 2.75) is 17.9 Å². The number of sulfonamides is 1. The molecule has 100 valence electrons. The third-order valence-corrected chi connectivity index (χ3v) is 4.32. The Balaban J connectivity index is 3.25. The molecule has 8 heteroatoms. The number of rotatable bonds is 4. The van der Waals surface area contributed by atoms with Gasteiger partial charge in [0, 0.05) is 13.1 Å². The van der Waals surface area contributed by atoms with E-state index in [9.17, 15) is 22.0 Å². The van der Waals surface area contributed by atoms with Crippen LogP contribution in [0.1, 0.15) is 6.92 Å². The predicted octanol–water partition coefficient (Wildman–Crippen LogP) is 1.06. The Morgan fingerprint density at radius 2 is 1.72 bits per heavy atom. The fraction of sp³-hybridized carbons (Fsp3) is 0.300. The Bertz CT molecular complexity index is 553. The Labute approximate surface area is 103 Å². The van der Waals surface area contributed by atoms with Gasteiger partial charge in [-0.25, -0.2) is 17.2 Å². The first-order valence-corrected chi connectivity index (χ1v) is 6.27. The summed E-state index contributed by atoms with van der Waals surface area (Å²) < 4.78 is 50.2. The highest BCUT2D eigenvalue weighted by Gasteiger charge is 2.30. The molecule has 1 N–H and O–H groups in total. The Hall–Kier alpha value is -1.54. The van der Waals surface area contributed by atoms with E-state index in [1.54, 1.807) is 0 Å². The Kier molecular flexibility index (Phi) is 4.02. The number of carbonyl (C=O) groups is 1. The molecular formula is C10H11F2NO4S. The van der Waals surface area contributed by atoms with Crippen LogP contribution in [0.15, 0.2) is 23.1 Å². The molecule has 0 radical (unpaired) electrons. The second-order valence-corrected chi connectivity index (χ2v) is 5.64. The van der Waals surface area contributed by atoms with Gasteiger partial charge in [0.1, 0.15) is 17.7 Å². The number of likely N-dealkylation sites (N-methyl/N-ethyl adjacent to an activating group) is 1. The monoisotopic (exact) mass is 279 g/mol. The molecule has 0 amide bonds. The molecule has 1 unspecified atom stereocenters. The standard InChI is InChI=1S/C10H11F2NO4S/c1-6(10(14)15)13(2)18(16,17)9-4-7(11)3-8(12)5-9/h3-6H,1-2H3,(H,14,15). The van der Waals surface area contributed by atoms with Crippen molar-refractivity contribution in [3.8, 4) is 0 Å². The van der Waals surface area contributed by atoms with Gasteiger partial charge in [-0.3, -0.25) is 4.79 Å². The maximum Gasteiger partial charge on any atom is 0.321 e. The number of halogens is 2. The summed E-state index contributed by atoms with van der Waals surface area (Å²) in [5.74, 6) is -3.46. The number of carboxylic acids is 1. The van der Waals surface area contributed by atoms with Gasteiger partial charge < -0.3 is 5.11 Å². The van der Waals surface area contributed by atoms with Crippen LogP contribution in [0, 0.1) is 11.6 Å². The highest BCUT2D eigenvalue weighted by Crippen LogP contribution is 2.19. The lowest BCUT2D eigenvalue weighted by Crippen LogP contribution is -2.40. The van der Waals surface area contributed by atoms with E-state index in [-0.39, 0.29) is 0 Å². The van der Waals surface area contributed by atoms with E-state index in [1.807, 2.05) is 0 Å². The summed E-state index contributed by atoms with van der Waals surface area (Å²) in [5.41, 5.74) is 0. The molecule has 0 spiro atoms. The van der Waals surface area contributed by atoms with E-state index in [1.165, 1.54) is 0 Å². The summed E-state index contributed by atoms with van der Waals surface area (Å²) >= 11 is 0. The number of hydrogen-bond acceptors (Lipinski definition) is 3. The molecule has 1 rings (SSSR count). The molecule has 0 saturated carbocycles. The lowest BCUT2D eigenvalue weighted by atomic mass is 10.3. The fourth-order valence-electron chi connectivity index (χ4n) is 1.21. The molecule has 18 heavy (non-hydrogen) atoms. The molecule has 0 fully saturated rings. The normalized spacial score (nSPS) is 13.6. The maximum absolute atomic E-state index is 12.9. The van der Waals surface area contributed by atoms with Crippen LogP contribution >= 0.6 is 0 Å². The molecule has 0 heterocycles. The summed E-state index contributed by atoms with van der Waals surface area (Å²) in [5, 5.41) is 8.72.